The average Bonchev–Trinajstić information content (AvgIpc) is 2.60. The van der Waals surface area contributed by atoms with E-state index in [4.69, 9.17) is 0 Å². The number of aryl methyl sites for hydroxylation is 1. The van der Waals surface area contributed by atoms with Crippen LogP contribution in [0.1, 0.15) is 26.0 Å². The fourth-order valence-corrected chi connectivity index (χ4v) is 1.78. The summed E-state index contributed by atoms with van der Waals surface area (Å²) in [6.45, 7) is 7.18. The number of nitrogens with zero attached hydrogens (tertiary/aromatic N) is 2. The molecule has 0 unspecified atom stereocenters. The highest BCUT2D eigenvalue weighted by Gasteiger charge is 2.02. The second kappa shape index (κ2) is 6.80. The molecule has 0 amide bonds. The van der Waals surface area contributed by atoms with Crippen molar-refractivity contribution in [2.45, 2.75) is 26.8 Å². The van der Waals surface area contributed by atoms with E-state index in [1.165, 1.54) is 0 Å². The van der Waals surface area contributed by atoms with Crippen molar-refractivity contribution in [1.82, 2.24) is 15.1 Å². The van der Waals surface area contributed by atoms with E-state index in [0.717, 1.165) is 36.2 Å². The van der Waals surface area contributed by atoms with Crippen LogP contribution in [0.2, 0.25) is 0 Å². The van der Waals surface area contributed by atoms with Crippen LogP contribution in [0.5, 0.6) is 0 Å². The third-order valence-electron chi connectivity index (χ3n) is 2.15. The molecule has 4 heteroatoms. The molecule has 0 bridgehead atoms. The molecule has 15 heavy (non-hydrogen) atoms. The Kier molecular flexibility index (Phi) is 5.65. The molecule has 0 atom stereocenters. The summed E-state index contributed by atoms with van der Waals surface area (Å²) in [4.78, 5) is 0. The van der Waals surface area contributed by atoms with Crippen molar-refractivity contribution >= 4 is 22.0 Å². The van der Waals surface area contributed by atoms with Crippen LogP contribution in [-0.2, 0) is 6.54 Å². The van der Waals surface area contributed by atoms with Crippen LogP contribution in [0.3, 0.4) is 0 Å². The van der Waals surface area contributed by atoms with E-state index in [2.05, 4.69) is 52.3 Å². The smallest absolute Gasteiger partial charge is 0.0748 e. The number of nitrogens with one attached hydrogen (secondary N) is 1. The minimum atomic E-state index is 0.901. The van der Waals surface area contributed by atoms with Crippen LogP contribution in [0.25, 0.3) is 6.08 Å². The number of hydrogen-bond donors (Lipinski definition) is 1. The van der Waals surface area contributed by atoms with Gasteiger partial charge >= 0.3 is 0 Å². The molecule has 1 aromatic rings. The number of halogens is 1. The molecule has 0 spiro atoms. The highest BCUT2D eigenvalue weighted by Crippen LogP contribution is 2.17. The van der Waals surface area contributed by atoms with Crippen LogP contribution in [0, 0.1) is 0 Å². The standard InChI is InChI=1S/C11H18BrN3/c1-3-13-8-6-5-7-11-10(12)9-14-15(11)4-2/h5,7,9,13H,3-4,6,8H2,1-2H3/b7-5+. The molecule has 0 saturated carbocycles. The Hall–Kier alpha value is -0.610. The van der Waals surface area contributed by atoms with Crippen LogP contribution in [0.15, 0.2) is 16.7 Å². The highest BCUT2D eigenvalue weighted by molar-refractivity contribution is 9.10. The lowest BCUT2D eigenvalue weighted by Crippen LogP contribution is -2.12. The van der Waals surface area contributed by atoms with Gasteiger partial charge in [-0.1, -0.05) is 13.0 Å². The molecule has 1 N–H and O–H groups in total. The Bertz CT molecular complexity index is 318. The number of rotatable bonds is 6. The lowest BCUT2D eigenvalue weighted by Gasteiger charge is -2.00. The van der Waals surface area contributed by atoms with Crippen molar-refractivity contribution in [2.75, 3.05) is 13.1 Å². The van der Waals surface area contributed by atoms with E-state index < -0.39 is 0 Å². The molecule has 84 valence electrons. The van der Waals surface area contributed by atoms with Crippen molar-refractivity contribution in [2.24, 2.45) is 0 Å². The summed E-state index contributed by atoms with van der Waals surface area (Å²) in [6.07, 6.45) is 7.19. The van der Waals surface area contributed by atoms with Gasteiger partial charge < -0.3 is 5.32 Å². The Morgan fingerprint density at radius 2 is 2.33 bits per heavy atom. The second-order valence-electron chi connectivity index (χ2n) is 3.24. The summed E-state index contributed by atoms with van der Waals surface area (Å²) in [5, 5.41) is 7.54. The molecular weight excluding hydrogens is 254 g/mol. The van der Waals surface area contributed by atoms with Crippen molar-refractivity contribution in [3.05, 3.63) is 22.4 Å². The Morgan fingerprint density at radius 1 is 1.53 bits per heavy atom. The summed E-state index contributed by atoms with van der Waals surface area (Å²) in [5.41, 5.74) is 1.15. The van der Waals surface area contributed by atoms with E-state index >= 15 is 0 Å². The molecule has 3 nitrogen and oxygen atoms in total. The van der Waals surface area contributed by atoms with Gasteiger partial charge in [0.05, 0.1) is 16.4 Å². The zero-order valence-electron chi connectivity index (χ0n) is 9.33. The summed E-state index contributed by atoms with van der Waals surface area (Å²) in [6, 6.07) is 0. The average molecular weight is 272 g/mol. The van der Waals surface area contributed by atoms with Crippen molar-refractivity contribution in [1.29, 1.82) is 0 Å². The van der Waals surface area contributed by atoms with Gasteiger partial charge in [-0.25, -0.2) is 0 Å². The molecule has 0 aliphatic carbocycles. The van der Waals surface area contributed by atoms with Gasteiger partial charge in [-0.3, -0.25) is 4.68 Å². The lowest BCUT2D eigenvalue weighted by atomic mass is 10.3. The second-order valence-corrected chi connectivity index (χ2v) is 4.09. The summed E-state index contributed by atoms with van der Waals surface area (Å²) in [5.74, 6) is 0. The fraction of sp³-hybridized carbons (Fsp3) is 0.545. The molecule has 0 aromatic carbocycles. The van der Waals surface area contributed by atoms with Gasteiger partial charge in [-0.15, -0.1) is 0 Å². The maximum atomic E-state index is 4.25. The minimum Gasteiger partial charge on any atom is -0.317 e. The molecule has 1 rings (SSSR count). The molecule has 0 aliphatic rings. The molecular formula is C11H18BrN3. The molecule has 0 radical (unpaired) electrons. The topological polar surface area (TPSA) is 29.9 Å². The third-order valence-corrected chi connectivity index (χ3v) is 2.76. The van der Waals surface area contributed by atoms with E-state index in [-0.39, 0.29) is 0 Å². The van der Waals surface area contributed by atoms with Gasteiger partial charge in [0.25, 0.3) is 0 Å². The SMILES string of the molecule is CCNCC/C=C/c1c(Br)cnn1CC. The Morgan fingerprint density at radius 3 is 3.00 bits per heavy atom. The van der Waals surface area contributed by atoms with Crippen LogP contribution < -0.4 is 5.32 Å². The summed E-state index contributed by atoms with van der Waals surface area (Å²) in [7, 11) is 0. The third kappa shape index (κ3) is 3.80. The van der Waals surface area contributed by atoms with Crippen molar-refractivity contribution < 1.29 is 0 Å². The first kappa shape index (κ1) is 12.5. The molecule has 0 fully saturated rings. The Balaban J connectivity index is 2.51. The van der Waals surface area contributed by atoms with Gasteiger partial charge in [0.2, 0.25) is 0 Å². The fourth-order valence-electron chi connectivity index (χ4n) is 1.35. The first-order valence-corrected chi connectivity index (χ1v) is 6.17. The van der Waals surface area contributed by atoms with Crippen LogP contribution >= 0.6 is 15.9 Å². The first-order chi connectivity index (χ1) is 7.29. The highest BCUT2D eigenvalue weighted by atomic mass is 79.9. The maximum Gasteiger partial charge on any atom is 0.0748 e. The van der Waals surface area contributed by atoms with Crippen LogP contribution in [-0.4, -0.2) is 22.9 Å². The zero-order chi connectivity index (χ0) is 11.1. The predicted octanol–water partition coefficient (Wildman–Crippen LogP) is 2.68. The molecule has 1 aromatic heterocycles. The molecule has 0 saturated heterocycles. The van der Waals surface area contributed by atoms with Gasteiger partial charge in [-0.2, -0.15) is 5.10 Å². The molecule has 1 heterocycles. The van der Waals surface area contributed by atoms with Crippen LogP contribution in [0.4, 0.5) is 0 Å². The predicted molar refractivity (Wildman–Crippen MR) is 67.8 cm³/mol. The zero-order valence-corrected chi connectivity index (χ0v) is 10.9. The monoisotopic (exact) mass is 271 g/mol. The normalized spacial score (nSPS) is 11.4. The maximum absolute atomic E-state index is 4.25. The van der Waals surface area contributed by atoms with Crippen molar-refractivity contribution in [3.63, 3.8) is 0 Å². The van der Waals surface area contributed by atoms with E-state index in [0.29, 0.717) is 0 Å². The van der Waals surface area contributed by atoms with Gasteiger partial charge in [-0.05, 0) is 48.4 Å². The number of hydrogen-bond acceptors (Lipinski definition) is 2. The molecule has 0 aliphatic heterocycles. The quantitative estimate of drug-likeness (QED) is 0.807. The van der Waals surface area contributed by atoms with E-state index in [9.17, 15) is 0 Å². The number of aromatic nitrogens is 2. The van der Waals surface area contributed by atoms with E-state index in [1.807, 2.05) is 10.9 Å². The van der Waals surface area contributed by atoms with Gasteiger partial charge in [0.15, 0.2) is 0 Å². The first-order valence-electron chi connectivity index (χ1n) is 5.38. The van der Waals surface area contributed by atoms with E-state index in [1.54, 1.807) is 0 Å². The van der Waals surface area contributed by atoms with Gasteiger partial charge in [0, 0.05) is 6.54 Å². The largest absolute Gasteiger partial charge is 0.317 e. The summed E-state index contributed by atoms with van der Waals surface area (Å²) < 4.78 is 3.04. The van der Waals surface area contributed by atoms with Crippen molar-refractivity contribution in [3.8, 4) is 0 Å². The lowest BCUT2D eigenvalue weighted by molar-refractivity contribution is 0.653. The summed E-state index contributed by atoms with van der Waals surface area (Å²) >= 11 is 3.49. The Labute approximate surface area is 99.7 Å². The minimum absolute atomic E-state index is 0.901. The van der Waals surface area contributed by atoms with Gasteiger partial charge in [0.1, 0.15) is 0 Å².